The molecule has 0 bridgehead atoms. The first-order chi connectivity index (χ1) is 9.20. The van der Waals surface area contributed by atoms with E-state index in [1.54, 1.807) is 19.1 Å². The van der Waals surface area contributed by atoms with Crippen LogP contribution in [-0.4, -0.2) is 19.1 Å². The molecular weight excluding hydrogens is 240 g/mol. The highest BCUT2D eigenvalue weighted by Crippen LogP contribution is 2.33. The maximum Gasteiger partial charge on any atom is 0.338 e. The number of rotatable bonds is 7. The molecule has 19 heavy (non-hydrogen) atoms. The van der Waals surface area contributed by atoms with Crippen LogP contribution < -0.4 is 11.1 Å². The van der Waals surface area contributed by atoms with E-state index in [1.807, 2.05) is 6.07 Å². The number of esters is 1. The second-order valence-electron chi connectivity index (χ2n) is 5.03. The highest BCUT2D eigenvalue weighted by molar-refractivity contribution is 5.91. The number of hydrogen-bond acceptors (Lipinski definition) is 4. The molecule has 0 spiro atoms. The van der Waals surface area contributed by atoms with Crippen LogP contribution >= 0.6 is 0 Å². The lowest BCUT2D eigenvalue weighted by Crippen LogP contribution is -2.08. The molecule has 0 atom stereocenters. The minimum Gasteiger partial charge on any atom is -0.462 e. The summed E-state index contributed by atoms with van der Waals surface area (Å²) >= 11 is 0. The van der Waals surface area contributed by atoms with Gasteiger partial charge in [-0.3, -0.25) is 0 Å². The van der Waals surface area contributed by atoms with Gasteiger partial charge in [-0.15, -0.1) is 0 Å². The maximum atomic E-state index is 11.6. The molecular formula is C15H22N2O2. The van der Waals surface area contributed by atoms with Gasteiger partial charge in [-0.1, -0.05) is 12.8 Å². The fourth-order valence-electron chi connectivity index (χ4n) is 2.09. The summed E-state index contributed by atoms with van der Waals surface area (Å²) in [6.45, 7) is 3.09. The number of hydrogen-bond donors (Lipinski definition) is 2. The molecule has 0 aliphatic heterocycles. The molecule has 1 aliphatic carbocycles. The maximum absolute atomic E-state index is 11.6. The van der Waals surface area contributed by atoms with Crippen molar-refractivity contribution in [1.29, 1.82) is 0 Å². The second kappa shape index (κ2) is 6.45. The molecule has 3 N–H and O–H groups in total. The number of carbonyl (C=O) groups excluding carboxylic acids is 1. The molecule has 104 valence electrons. The molecule has 0 radical (unpaired) electrons. The fraction of sp³-hybridized carbons (Fsp3) is 0.533. The van der Waals surface area contributed by atoms with Gasteiger partial charge in [0.05, 0.1) is 23.5 Å². The second-order valence-corrected chi connectivity index (χ2v) is 5.03. The molecule has 1 saturated carbocycles. The monoisotopic (exact) mass is 262 g/mol. The normalized spacial score (nSPS) is 14.2. The van der Waals surface area contributed by atoms with E-state index >= 15 is 0 Å². The van der Waals surface area contributed by atoms with E-state index in [9.17, 15) is 4.79 Å². The van der Waals surface area contributed by atoms with E-state index in [-0.39, 0.29) is 5.97 Å². The molecule has 1 aliphatic rings. The first kappa shape index (κ1) is 13.7. The first-order valence-corrected chi connectivity index (χ1v) is 7.01. The zero-order valence-electron chi connectivity index (χ0n) is 11.4. The largest absolute Gasteiger partial charge is 0.462 e. The first-order valence-electron chi connectivity index (χ1n) is 7.01. The van der Waals surface area contributed by atoms with Crippen LogP contribution in [0.25, 0.3) is 0 Å². The van der Waals surface area contributed by atoms with E-state index < -0.39 is 0 Å². The van der Waals surface area contributed by atoms with Crippen LogP contribution in [0.15, 0.2) is 18.2 Å². The Morgan fingerprint density at radius 1 is 1.47 bits per heavy atom. The lowest BCUT2D eigenvalue weighted by Gasteiger charge is -2.10. The zero-order valence-corrected chi connectivity index (χ0v) is 11.4. The highest BCUT2D eigenvalue weighted by Gasteiger charge is 2.19. The van der Waals surface area contributed by atoms with Gasteiger partial charge in [-0.25, -0.2) is 4.79 Å². The fourth-order valence-corrected chi connectivity index (χ4v) is 2.09. The van der Waals surface area contributed by atoms with Crippen molar-refractivity contribution in [1.82, 2.24) is 0 Å². The molecule has 0 heterocycles. The van der Waals surface area contributed by atoms with Crippen molar-refractivity contribution >= 4 is 17.3 Å². The van der Waals surface area contributed by atoms with Gasteiger partial charge in [-0.2, -0.15) is 0 Å². The lowest BCUT2D eigenvalue weighted by atomic mass is 10.1. The molecule has 0 unspecified atom stereocenters. The van der Waals surface area contributed by atoms with E-state index in [0.717, 1.165) is 18.2 Å². The number of nitrogens with two attached hydrogens (primary N) is 1. The zero-order chi connectivity index (χ0) is 13.7. The van der Waals surface area contributed by atoms with Gasteiger partial charge in [0.25, 0.3) is 0 Å². The van der Waals surface area contributed by atoms with Crippen LogP contribution in [0.5, 0.6) is 0 Å². The molecule has 2 rings (SSSR count). The molecule has 0 saturated heterocycles. The van der Waals surface area contributed by atoms with Gasteiger partial charge in [0.15, 0.2) is 0 Å². The quantitative estimate of drug-likeness (QED) is 0.450. The molecule has 1 fully saturated rings. The van der Waals surface area contributed by atoms with Crippen LogP contribution in [0.3, 0.4) is 0 Å². The Morgan fingerprint density at radius 3 is 2.89 bits per heavy atom. The Balaban J connectivity index is 1.84. The number of nitrogens with one attached hydrogen (secondary N) is 1. The van der Waals surface area contributed by atoms with Crippen molar-refractivity contribution in [2.45, 2.75) is 32.6 Å². The number of benzene rings is 1. The van der Waals surface area contributed by atoms with E-state index in [1.165, 1.54) is 25.7 Å². The van der Waals surface area contributed by atoms with Crippen molar-refractivity contribution in [3.63, 3.8) is 0 Å². The number of nitrogen functional groups attached to an aromatic ring is 1. The topological polar surface area (TPSA) is 64.3 Å². The van der Waals surface area contributed by atoms with Gasteiger partial charge < -0.3 is 15.8 Å². The van der Waals surface area contributed by atoms with Crippen LogP contribution in [0.1, 0.15) is 43.0 Å². The van der Waals surface area contributed by atoms with Crippen LogP contribution in [0.4, 0.5) is 11.4 Å². The van der Waals surface area contributed by atoms with Crippen molar-refractivity contribution < 1.29 is 9.53 Å². The van der Waals surface area contributed by atoms with E-state index in [2.05, 4.69) is 5.32 Å². The molecule has 0 aromatic heterocycles. The van der Waals surface area contributed by atoms with Crippen molar-refractivity contribution in [3.05, 3.63) is 23.8 Å². The van der Waals surface area contributed by atoms with Crippen molar-refractivity contribution in [3.8, 4) is 0 Å². The van der Waals surface area contributed by atoms with E-state index in [0.29, 0.717) is 17.9 Å². The predicted octanol–water partition coefficient (Wildman–Crippen LogP) is 3.05. The van der Waals surface area contributed by atoms with Gasteiger partial charge >= 0.3 is 5.97 Å². The minimum absolute atomic E-state index is 0.325. The summed E-state index contributed by atoms with van der Waals surface area (Å²) in [6.07, 6.45) is 5.27. The molecule has 0 amide bonds. The summed E-state index contributed by atoms with van der Waals surface area (Å²) in [5, 5.41) is 3.32. The summed E-state index contributed by atoms with van der Waals surface area (Å²) in [7, 11) is 0. The third kappa shape index (κ3) is 4.16. The smallest absolute Gasteiger partial charge is 0.338 e. The Morgan fingerprint density at radius 2 is 2.26 bits per heavy atom. The van der Waals surface area contributed by atoms with Crippen LogP contribution in [0, 0.1) is 5.92 Å². The third-order valence-electron chi connectivity index (χ3n) is 3.36. The molecule has 4 heteroatoms. The summed E-state index contributed by atoms with van der Waals surface area (Å²) in [4.78, 5) is 11.6. The Hall–Kier alpha value is -1.71. The van der Waals surface area contributed by atoms with Crippen LogP contribution in [-0.2, 0) is 4.74 Å². The Labute approximate surface area is 114 Å². The SMILES string of the molecule is CCOC(=O)c1ccc(NCCCC2CC2)c(N)c1. The number of carbonyl (C=O) groups is 1. The lowest BCUT2D eigenvalue weighted by molar-refractivity contribution is 0.0526. The summed E-state index contributed by atoms with van der Waals surface area (Å²) < 4.78 is 4.94. The van der Waals surface area contributed by atoms with Crippen molar-refractivity contribution in [2.24, 2.45) is 5.92 Å². The number of anilines is 2. The molecule has 4 nitrogen and oxygen atoms in total. The minimum atomic E-state index is -0.325. The third-order valence-corrected chi connectivity index (χ3v) is 3.36. The average molecular weight is 262 g/mol. The standard InChI is InChI=1S/C15H22N2O2/c1-2-19-15(18)12-7-8-14(13(16)10-12)17-9-3-4-11-5-6-11/h7-8,10-11,17H,2-6,9,16H2,1H3. The van der Waals surface area contributed by atoms with Gasteiger partial charge in [0.2, 0.25) is 0 Å². The molecule has 1 aromatic carbocycles. The predicted molar refractivity (Wildman–Crippen MR) is 77.3 cm³/mol. The summed E-state index contributed by atoms with van der Waals surface area (Å²) in [5.74, 6) is 0.639. The van der Waals surface area contributed by atoms with Crippen LogP contribution in [0.2, 0.25) is 0 Å². The van der Waals surface area contributed by atoms with E-state index in [4.69, 9.17) is 10.5 Å². The average Bonchev–Trinajstić information content (AvgIpc) is 3.20. The van der Waals surface area contributed by atoms with Crippen molar-refractivity contribution in [2.75, 3.05) is 24.2 Å². The Kier molecular flexibility index (Phi) is 4.66. The summed E-state index contributed by atoms with van der Waals surface area (Å²) in [5.41, 5.74) is 7.93. The van der Waals surface area contributed by atoms with Gasteiger partial charge in [0.1, 0.15) is 0 Å². The summed E-state index contributed by atoms with van der Waals surface area (Å²) in [6, 6.07) is 5.26. The highest BCUT2D eigenvalue weighted by atomic mass is 16.5. The van der Waals surface area contributed by atoms with Gasteiger partial charge in [-0.05, 0) is 43.9 Å². The molecule has 1 aromatic rings. The Bertz CT molecular complexity index is 442. The van der Waals surface area contributed by atoms with Gasteiger partial charge in [0, 0.05) is 6.54 Å². The number of ether oxygens (including phenoxy) is 1.